The number of halogens is 1. The zero-order valence-corrected chi connectivity index (χ0v) is 14.8. The maximum Gasteiger partial charge on any atom is 0.341 e. The number of aryl methyl sites for hydroxylation is 1. The zero-order chi connectivity index (χ0) is 16.3. The molecule has 0 spiro atoms. The van der Waals surface area contributed by atoms with Gasteiger partial charge in [0.05, 0.1) is 7.11 Å². The molecule has 0 aliphatic heterocycles. The molecule has 1 aliphatic rings. The van der Waals surface area contributed by atoms with Crippen molar-refractivity contribution in [2.24, 2.45) is 11.7 Å². The summed E-state index contributed by atoms with van der Waals surface area (Å²) in [6, 6.07) is 1.000. The Morgan fingerprint density at radius 1 is 1.43 bits per heavy atom. The third-order valence-electron chi connectivity index (χ3n) is 4.08. The summed E-state index contributed by atoms with van der Waals surface area (Å²) in [6.07, 6.45) is 3.69. The Morgan fingerprint density at radius 2 is 2.09 bits per heavy atom. The lowest BCUT2D eigenvalue weighted by Gasteiger charge is -2.30. The van der Waals surface area contributed by atoms with Gasteiger partial charge in [-0.3, -0.25) is 0 Å². The standard InChI is InChI=1S/C14H22N2O5S.ClH/c1-9-11(14(17)20-2)7-13(21-9)22(18,19)16-12-6-4-3-5-10(12)8-15;/h7,10,12,16H,3-6,8,15H2,1-2H3;1H. The van der Waals surface area contributed by atoms with E-state index in [0.717, 1.165) is 25.7 Å². The monoisotopic (exact) mass is 366 g/mol. The minimum atomic E-state index is -3.83. The van der Waals surface area contributed by atoms with Crippen molar-refractivity contribution in [1.82, 2.24) is 4.72 Å². The number of sulfonamides is 1. The molecule has 23 heavy (non-hydrogen) atoms. The third-order valence-corrected chi connectivity index (χ3v) is 5.43. The fourth-order valence-electron chi connectivity index (χ4n) is 2.80. The van der Waals surface area contributed by atoms with Crippen LogP contribution in [0.5, 0.6) is 0 Å². The second-order valence-electron chi connectivity index (χ2n) is 5.53. The van der Waals surface area contributed by atoms with Crippen LogP contribution in [0.15, 0.2) is 15.6 Å². The molecule has 1 fully saturated rings. The fraction of sp³-hybridized carbons (Fsp3) is 0.643. The molecule has 1 aliphatic carbocycles. The Hall–Kier alpha value is -1.09. The highest BCUT2D eigenvalue weighted by Crippen LogP contribution is 2.26. The van der Waals surface area contributed by atoms with E-state index in [2.05, 4.69) is 9.46 Å². The smallest absolute Gasteiger partial charge is 0.341 e. The van der Waals surface area contributed by atoms with Crippen molar-refractivity contribution >= 4 is 28.4 Å². The summed E-state index contributed by atoms with van der Waals surface area (Å²) in [5.74, 6) is -0.286. The number of methoxy groups -OCH3 is 1. The molecule has 0 aromatic carbocycles. The molecule has 9 heteroatoms. The zero-order valence-electron chi connectivity index (χ0n) is 13.2. The molecular weight excluding hydrogens is 344 g/mol. The van der Waals surface area contributed by atoms with E-state index in [-0.39, 0.29) is 40.8 Å². The average molecular weight is 367 g/mol. The summed E-state index contributed by atoms with van der Waals surface area (Å²) in [5.41, 5.74) is 5.83. The van der Waals surface area contributed by atoms with E-state index in [1.165, 1.54) is 20.1 Å². The quantitative estimate of drug-likeness (QED) is 0.765. The minimum Gasteiger partial charge on any atom is -0.465 e. The number of hydrogen-bond donors (Lipinski definition) is 2. The fourth-order valence-corrected chi connectivity index (χ4v) is 4.13. The van der Waals surface area contributed by atoms with Crippen LogP contribution < -0.4 is 10.5 Å². The Balaban J connectivity index is 0.00000264. The van der Waals surface area contributed by atoms with Gasteiger partial charge in [0.2, 0.25) is 5.09 Å². The summed E-state index contributed by atoms with van der Waals surface area (Å²) in [7, 11) is -2.60. The predicted octanol–water partition coefficient (Wildman–Crippen LogP) is 1.59. The molecular formula is C14H23ClN2O5S. The Morgan fingerprint density at radius 3 is 2.70 bits per heavy atom. The van der Waals surface area contributed by atoms with Gasteiger partial charge in [0.25, 0.3) is 10.0 Å². The van der Waals surface area contributed by atoms with E-state index < -0.39 is 16.0 Å². The van der Waals surface area contributed by atoms with Crippen molar-refractivity contribution in [3.05, 3.63) is 17.4 Å². The normalized spacial score (nSPS) is 21.5. The molecule has 7 nitrogen and oxygen atoms in total. The number of hydrogen-bond acceptors (Lipinski definition) is 6. The van der Waals surface area contributed by atoms with E-state index in [4.69, 9.17) is 10.2 Å². The molecule has 3 N–H and O–H groups in total. The molecule has 0 amide bonds. The highest BCUT2D eigenvalue weighted by Gasteiger charge is 2.31. The van der Waals surface area contributed by atoms with E-state index in [0.29, 0.717) is 6.54 Å². The van der Waals surface area contributed by atoms with Gasteiger partial charge in [-0.1, -0.05) is 12.8 Å². The first kappa shape index (κ1) is 20.0. The molecule has 0 bridgehead atoms. The van der Waals surface area contributed by atoms with Crippen molar-refractivity contribution < 1.29 is 22.4 Å². The van der Waals surface area contributed by atoms with Gasteiger partial charge < -0.3 is 14.9 Å². The van der Waals surface area contributed by atoms with Gasteiger partial charge in [-0.25, -0.2) is 17.9 Å². The summed E-state index contributed by atoms with van der Waals surface area (Å²) in [5, 5.41) is -0.272. The van der Waals surface area contributed by atoms with E-state index in [1.807, 2.05) is 0 Å². The van der Waals surface area contributed by atoms with Crippen LogP contribution in [-0.2, 0) is 14.8 Å². The second-order valence-corrected chi connectivity index (χ2v) is 7.18. The maximum atomic E-state index is 12.4. The van der Waals surface area contributed by atoms with Gasteiger partial charge in [0.15, 0.2) is 0 Å². The van der Waals surface area contributed by atoms with Crippen molar-refractivity contribution in [1.29, 1.82) is 0 Å². The molecule has 2 atom stereocenters. The third kappa shape index (κ3) is 4.47. The first-order valence-electron chi connectivity index (χ1n) is 7.30. The molecule has 1 aromatic heterocycles. The van der Waals surface area contributed by atoms with Crippen LogP contribution in [0.3, 0.4) is 0 Å². The van der Waals surface area contributed by atoms with Gasteiger partial charge in [-0.05, 0) is 32.2 Å². The molecule has 2 rings (SSSR count). The number of carbonyl (C=O) groups excluding carboxylic acids is 1. The van der Waals surface area contributed by atoms with E-state index >= 15 is 0 Å². The number of rotatable bonds is 5. The summed E-state index contributed by atoms with van der Waals surface area (Å²) in [6.45, 7) is 1.96. The molecule has 1 heterocycles. The number of ether oxygens (including phenoxy) is 1. The van der Waals surface area contributed by atoms with Crippen LogP contribution >= 0.6 is 12.4 Å². The first-order chi connectivity index (χ1) is 10.4. The summed E-state index contributed by atoms with van der Waals surface area (Å²) >= 11 is 0. The van der Waals surface area contributed by atoms with Crippen LogP contribution in [0.2, 0.25) is 0 Å². The van der Waals surface area contributed by atoms with Crippen LogP contribution in [0.25, 0.3) is 0 Å². The average Bonchev–Trinajstić information content (AvgIpc) is 2.89. The number of esters is 1. The highest BCUT2D eigenvalue weighted by molar-refractivity contribution is 7.89. The van der Waals surface area contributed by atoms with Crippen LogP contribution in [0, 0.1) is 12.8 Å². The van der Waals surface area contributed by atoms with Gasteiger partial charge in [0.1, 0.15) is 11.3 Å². The van der Waals surface area contributed by atoms with Gasteiger partial charge >= 0.3 is 5.97 Å². The van der Waals surface area contributed by atoms with E-state index in [1.54, 1.807) is 0 Å². The van der Waals surface area contributed by atoms with Crippen LogP contribution in [0.4, 0.5) is 0 Å². The highest BCUT2D eigenvalue weighted by atomic mass is 35.5. The second kappa shape index (κ2) is 8.14. The summed E-state index contributed by atoms with van der Waals surface area (Å²) in [4.78, 5) is 11.5. The van der Waals surface area contributed by atoms with Crippen molar-refractivity contribution in [2.45, 2.75) is 43.7 Å². The molecule has 1 aromatic rings. The lowest BCUT2D eigenvalue weighted by molar-refractivity contribution is 0.0599. The molecule has 132 valence electrons. The Kier molecular flexibility index (Phi) is 7.06. The Labute approximate surface area is 142 Å². The maximum absolute atomic E-state index is 12.4. The predicted molar refractivity (Wildman–Crippen MR) is 87.2 cm³/mol. The Bertz CT molecular complexity index is 644. The molecule has 2 unspecified atom stereocenters. The largest absolute Gasteiger partial charge is 0.465 e. The summed E-state index contributed by atoms with van der Waals surface area (Å²) < 4.78 is 37.4. The van der Waals surface area contributed by atoms with Crippen molar-refractivity contribution in [3.8, 4) is 0 Å². The number of furan rings is 1. The van der Waals surface area contributed by atoms with Crippen LogP contribution in [-0.4, -0.2) is 34.1 Å². The van der Waals surface area contributed by atoms with E-state index in [9.17, 15) is 13.2 Å². The molecule has 1 saturated carbocycles. The minimum absolute atomic E-state index is 0. The van der Waals surface area contributed by atoms with Gasteiger partial charge in [-0.2, -0.15) is 0 Å². The first-order valence-corrected chi connectivity index (χ1v) is 8.78. The van der Waals surface area contributed by atoms with Crippen LogP contribution in [0.1, 0.15) is 41.8 Å². The number of nitrogens with one attached hydrogen (secondary N) is 1. The van der Waals surface area contributed by atoms with Crippen molar-refractivity contribution in [3.63, 3.8) is 0 Å². The molecule has 0 saturated heterocycles. The number of nitrogens with two attached hydrogens (primary N) is 1. The molecule has 0 radical (unpaired) electrons. The number of carbonyl (C=O) groups is 1. The van der Waals surface area contributed by atoms with Crippen molar-refractivity contribution in [2.75, 3.05) is 13.7 Å². The lowest BCUT2D eigenvalue weighted by Crippen LogP contribution is -2.44. The topological polar surface area (TPSA) is 112 Å². The van der Waals surface area contributed by atoms with Gasteiger partial charge in [0, 0.05) is 12.1 Å². The SMILES string of the molecule is COC(=O)c1cc(S(=O)(=O)NC2CCCCC2CN)oc1C.Cl. The van der Waals surface area contributed by atoms with Gasteiger partial charge in [-0.15, -0.1) is 12.4 Å². The lowest BCUT2D eigenvalue weighted by atomic mass is 9.85.